The molecule has 0 saturated carbocycles. The van der Waals surface area contributed by atoms with Gasteiger partial charge in [0.25, 0.3) is 0 Å². The SMILES string of the molecule is N#C/C(=C/c1ccc(N2CCCC2)cc1)c1cccc(Br)c1. The van der Waals surface area contributed by atoms with Gasteiger partial charge in [-0.2, -0.15) is 5.26 Å². The summed E-state index contributed by atoms with van der Waals surface area (Å²) in [5.74, 6) is 0. The predicted molar refractivity (Wildman–Crippen MR) is 95.5 cm³/mol. The van der Waals surface area contributed by atoms with Gasteiger partial charge in [-0.25, -0.2) is 0 Å². The van der Waals surface area contributed by atoms with E-state index in [0.29, 0.717) is 5.57 Å². The lowest BCUT2D eigenvalue weighted by Gasteiger charge is -2.17. The molecule has 22 heavy (non-hydrogen) atoms. The number of halogens is 1. The van der Waals surface area contributed by atoms with Crippen LogP contribution in [0.5, 0.6) is 0 Å². The largest absolute Gasteiger partial charge is 0.372 e. The van der Waals surface area contributed by atoms with Crippen molar-refractivity contribution in [3.63, 3.8) is 0 Å². The van der Waals surface area contributed by atoms with E-state index < -0.39 is 0 Å². The maximum Gasteiger partial charge on any atom is 0.0998 e. The highest BCUT2D eigenvalue weighted by atomic mass is 79.9. The van der Waals surface area contributed by atoms with E-state index in [1.54, 1.807) is 0 Å². The summed E-state index contributed by atoms with van der Waals surface area (Å²) in [6.45, 7) is 2.30. The highest BCUT2D eigenvalue weighted by Crippen LogP contribution is 2.24. The fourth-order valence-corrected chi connectivity index (χ4v) is 3.16. The van der Waals surface area contributed by atoms with Gasteiger partial charge in [0, 0.05) is 23.2 Å². The van der Waals surface area contributed by atoms with E-state index in [1.807, 2.05) is 30.3 Å². The number of anilines is 1. The summed E-state index contributed by atoms with van der Waals surface area (Å²) in [5, 5.41) is 9.42. The van der Waals surface area contributed by atoms with Crippen LogP contribution in [0.2, 0.25) is 0 Å². The Kier molecular flexibility index (Phi) is 4.60. The molecule has 0 N–H and O–H groups in total. The van der Waals surface area contributed by atoms with Gasteiger partial charge in [0.15, 0.2) is 0 Å². The molecule has 1 saturated heterocycles. The Labute approximate surface area is 139 Å². The Morgan fingerprint density at radius 2 is 1.82 bits per heavy atom. The Balaban J connectivity index is 1.85. The van der Waals surface area contributed by atoms with E-state index in [4.69, 9.17) is 0 Å². The predicted octanol–water partition coefficient (Wildman–Crippen LogP) is 5.11. The maximum atomic E-state index is 9.42. The van der Waals surface area contributed by atoms with Gasteiger partial charge >= 0.3 is 0 Å². The van der Waals surface area contributed by atoms with Gasteiger partial charge in [-0.1, -0.05) is 40.2 Å². The van der Waals surface area contributed by atoms with Gasteiger partial charge in [0.1, 0.15) is 0 Å². The maximum absolute atomic E-state index is 9.42. The highest BCUT2D eigenvalue weighted by Gasteiger charge is 2.11. The molecule has 1 aliphatic heterocycles. The molecule has 0 spiro atoms. The molecule has 2 nitrogen and oxygen atoms in total. The third-order valence-corrected chi connectivity index (χ3v) is 4.42. The van der Waals surface area contributed by atoms with Gasteiger partial charge < -0.3 is 4.90 Å². The number of nitrogens with zero attached hydrogens (tertiary/aromatic N) is 2. The topological polar surface area (TPSA) is 27.0 Å². The average molecular weight is 353 g/mol. The van der Waals surface area contributed by atoms with Crippen molar-refractivity contribution in [3.05, 3.63) is 64.1 Å². The lowest BCUT2D eigenvalue weighted by molar-refractivity contribution is 0.949. The first-order valence-electron chi connectivity index (χ1n) is 7.49. The van der Waals surface area contributed by atoms with Crippen LogP contribution in [-0.4, -0.2) is 13.1 Å². The summed E-state index contributed by atoms with van der Waals surface area (Å²) in [5.41, 5.74) is 3.94. The standard InChI is InChI=1S/C19H17BrN2/c20-18-5-3-4-16(13-18)17(14-21)12-15-6-8-19(9-7-15)22-10-1-2-11-22/h3-9,12-13H,1-2,10-11H2/b17-12-. The molecule has 0 unspecified atom stereocenters. The van der Waals surface area contributed by atoms with Crippen LogP contribution in [0.1, 0.15) is 24.0 Å². The summed E-state index contributed by atoms with van der Waals surface area (Å²) in [6, 6.07) is 18.6. The lowest BCUT2D eigenvalue weighted by Crippen LogP contribution is -2.17. The van der Waals surface area contributed by atoms with Gasteiger partial charge in [-0.3, -0.25) is 0 Å². The zero-order chi connectivity index (χ0) is 15.4. The van der Waals surface area contributed by atoms with Crippen molar-refractivity contribution in [1.29, 1.82) is 5.26 Å². The minimum atomic E-state index is 0.676. The van der Waals surface area contributed by atoms with Gasteiger partial charge in [0.05, 0.1) is 11.6 Å². The molecule has 0 amide bonds. The number of nitriles is 1. The number of hydrogen-bond donors (Lipinski definition) is 0. The second-order valence-corrected chi connectivity index (χ2v) is 6.38. The van der Waals surface area contributed by atoms with Crippen molar-refractivity contribution in [2.45, 2.75) is 12.8 Å². The Morgan fingerprint density at radius 1 is 1.09 bits per heavy atom. The van der Waals surface area contributed by atoms with E-state index in [1.165, 1.54) is 18.5 Å². The fourth-order valence-electron chi connectivity index (χ4n) is 2.76. The Bertz CT molecular complexity index is 720. The Hall–Kier alpha value is -2.05. The molecule has 0 aromatic heterocycles. The molecule has 1 heterocycles. The summed E-state index contributed by atoms with van der Waals surface area (Å²) < 4.78 is 0.982. The van der Waals surface area contributed by atoms with E-state index in [9.17, 15) is 5.26 Å². The molecule has 3 rings (SSSR count). The van der Waals surface area contributed by atoms with Crippen LogP contribution in [0.4, 0.5) is 5.69 Å². The van der Waals surface area contributed by atoms with E-state index in [-0.39, 0.29) is 0 Å². The summed E-state index contributed by atoms with van der Waals surface area (Å²) in [7, 11) is 0. The monoisotopic (exact) mass is 352 g/mol. The third-order valence-electron chi connectivity index (χ3n) is 3.93. The van der Waals surface area contributed by atoms with Crippen LogP contribution in [0.25, 0.3) is 11.6 Å². The van der Waals surface area contributed by atoms with Crippen molar-refractivity contribution < 1.29 is 0 Å². The molecule has 2 aromatic rings. The van der Waals surface area contributed by atoms with Crippen LogP contribution in [0, 0.1) is 11.3 Å². The van der Waals surface area contributed by atoms with E-state index >= 15 is 0 Å². The molecule has 110 valence electrons. The van der Waals surface area contributed by atoms with Crippen LogP contribution in [0.15, 0.2) is 53.0 Å². The first-order valence-corrected chi connectivity index (χ1v) is 8.28. The number of hydrogen-bond acceptors (Lipinski definition) is 2. The summed E-state index contributed by atoms with van der Waals surface area (Å²) in [6.07, 6.45) is 4.50. The van der Waals surface area contributed by atoms with Crippen LogP contribution in [0.3, 0.4) is 0 Å². The Morgan fingerprint density at radius 3 is 2.45 bits per heavy atom. The van der Waals surface area contributed by atoms with Crippen LogP contribution < -0.4 is 4.90 Å². The molecular weight excluding hydrogens is 336 g/mol. The van der Waals surface area contributed by atoms with Gasteiger partial charge in [0.2, 0.25) is 0 Å². The molecule has 0 bridgehead atoms. The minimum Gasteiger partial charge on any atom is -0.372 e. The fraction of sp³-hybridized carbons (Fsp3) is 0.211. The second kappa shape index (κ2) is 6.81. The molecule has 1 aliphatic rings. The molecule has 0 aliphatic carbocycles. The quantitative estimate of drug-likeness (QED) is 0.566. The van der Waals surface area contributed by atoms with Crippen molar-refractivity contribution in [1.82, 2.24) is 0 Å². The van der Waals surface area contributed by atoms with Crippen molar-refractivity contribution in [2.75, 3.05) is 18.0 Å². The lowest BCUT2D eigenvalue weighted by atomic mass is 10.0. The zero-order valence-corrected chi connectivity index (χ0v) is 13.9. The van der Waals surface area contributed by atoms with Crippen molar-refractivity contribution in [3.8, 4) is 6.07 Å². The van der Waals surface area contributed by atoms with Crippen LogP contribution >= 0.6 is 15.9 Å². The average Bonchev–Trinajstić information content (AvgIpc) is 3.07. The van der Waals surface area contributed by atoms with E-state index in [0.717, 1.165) is 28.7 Å². The minimum absolute atomic E-state index is 0.676. The molecule has 0 radical (unpaired) electrons. The van der Waals surface area contributed by atoms with Gasteiger partial charge in [-0.15, -0.1) is 0 Å². The normalized spacial score (nSPS) is 14.9. The first-order chi connectivity index (χ1) is 10.8. The molecule has 3 heteroatoms. The third kappa shape index (κ3) is 3.40. The summed E-state index contributed by atoms with van der Waals surface area (Å²) >= 11 is 3.45. The number of benzene rings is 2. The molecule has 0 atom stereocenters. The zero-order valence-electron chi connectivity index (χ0n) is 12.3. The number of rotatable bonds is 3. The van der Waals surface area contributed by atoms with Crippen LogP contribution in [-0.2, 0) is 0 Å². The van der Waals surface area contributed by atoms with Crippen molar-refractivity contribution in [2.24, 2.45) is 0 Å². The highest BCUT2D eigenvalue weighted by molar-refractivity contribution is 9.10. The van der Waals surface area contributed by atoms with Gasteiger partial charge in [-0.05, 0) is 54.3 Å². The smallest absolute Gasteiger partial charge is 0.0998 e. The number of allylic oxidation sites excluding steroid dienone is 1. The molecular formula is C19H17BrN2. The first kappa shape index (κ1) is 14.9. The van der Waals surface area contributed by atoms with Crippen molar-refractivity contribution >= 4 is 33.3 Å². The molecule has 2 aromatic carbocycles. The van der Waals surface area contributed by atoms with E-state index in [2.05, 4.69) is 51.2 Å². The summed E-state index contributed by atoms with van der Waals surface area (Å²) in [4.78, 5) is 2.41. The molecule has 1 fully saturated rings. The second-order valence-electron chi connectivity index (χ2n) is 5.47.